The maximum absolute atomic E-state index is 11.4. The van der Waals surface area contributed by atoms with Gasteiger partial charge in [-0.25, -0.2) is 0 Å². The Morgan fingerprint density at radius 2 is 2.38 bits per heavy atom. The molecule has 84 valence electrons. The van der Waals surface area contributed by atoms with Crippen LogP contribution >= 0.6 is 11.6 Å². The molecular formula is C11H11ClN2O2. The van der Waals surface area contributed by atoms with Crippen molar-refractivity contribution in [1.82, 2.24) is 0 Å². The van der Waals surface area contributed by atoms with Gasteiger partial charge in [0.05, 0.1) is 18.9 Å². The van der Waals surface area contributed by atoms with Gasteiger partial charge in [-0.05, 0) is 18.2 Å². The maximum Gasteiger partial charge on any atom is 0.225 e. The number of nitrogens with one attached hydrogen (secondary N) is 1. The summed E-state index contributed by atoms with van der Waals surface area (Å²) in [5.74, 6) is 0.303. The third-order valence-corrected chi connectivity index (χ3v) is 2.13. The van der Waals surface area contributed by atoms with Crippen LogP contribution in [0, 0.1) is 11.3 Å². The SMILES string of the molecule is COc1ccc(Cl)cc1NC(=O)CCC#N. The lowest BCUT2D eigenvalue weighted by molar-refractivity contribution is -0.116. The fraction of sp³-hybridized carbons (Fsp3) is 0.273. The van der Waals surface area contributed by atoms with Crippen molar-refractivity contribution in [2.75, 3.05) is 12.4 Å². The van der Waals surface area contributed by atoms with Gasteiger partial charge in [0, 0.05) is 17.9 Å². The second-order valence-electron chi connectivity index (χ2n) is 3.05. The number of carbonyl (C=O) groups excluding carboxylic acids is 1. The Balaban J connectivity index is 2.76. The molecule has 1 aromatic rings. The third kappa shape index (κ3) is 3.44. The first-order valence-electron chi connectivity index (χ1n) is 4.67. The zero-order valence-electron chi connectivity index (χ0n) is 8.79. The highest BCUT2D eigenvalue weighted by Gasteiger charge is 2.07. The molecule has 0 saturated heterocycles. The second kappa shape index (κ2) is 5.99. The average Bonchev–Trinajstić information content (AvgIpc) is 2.27. The number of nitriles is 1. The van der Waals surface area contributed by atoms with Crippen molar-refractivity contribution in [1.29, 1.82) is 5.26 Å². The van der Waals surface area contributed by atoms with E-state index < -0.39 is 0 Å². The molecule has 0 aromatic heterocycles. The molecule has 16 heavy (non-hydrogen) atoms. The van der Waals surface area contributed by atoms with Crippen LogP contribution in [0.25, 0.3) is 0 Å². The highest BCUT2D eigenvalue weighted by atomic mass is 35.5. The van der Waals surface area contributed by atoms with E-state index in [-0.39, 0.29) is 18.7 Å². The predicted octanol–water partition coefficient (Wildman–Crippen LogP) is 2.59. The Bertz CT molecular complexity index is 426. The summed E-state index contributed by atoms with van der Waals surface area (Å²) in [6, 6.07) is 6.85. The summed E-state index contributed by atoms with van der Waals surface area (Å²) in [6.07, 6.45) is 0.348. The topological polar surface area (TPSA) is 62.1 Å². The lowest BCUT2D eigenvalue weighted by atomic mass is 10.2. The largest absolute Gasteiger partial charge is 0.495 e. The van der Waals surface area contributed by atoms with Gasteiger partial charge in [-0.1, -0.05) is 11.6 Å². The molecule has 0 heterocycles. The van der Waals surface area contributed by atoms with Crippen LogP contribution in [-0.2, 0) is 4.79 Å². The number of rotatable bonds is 4. The van der Waals surface area contributed by atoms with E-state index in [1.165, 1.54) is 7.11 Å². The smallest absolute Gasteiger partial charge is 0.225 e. The van der Waals surface area contributed by atoms with Gasteiger partial charge in [0.25, 0.3) is 0 Å². The first-order chi connectivity index (χ1) is 7.67. The van der Waals surface area contributed by atoms with Gasteiger partial charge in [-0.3, -0.25) is 4.79 Å². The van der Waals surface area contributed by atoms with Crippen molar-refractivity contribution < 1.29 is 9.53 Å². The average molecular weight is 239 g/mol. The van der Waals surface area contributed by atoms with Crippen molar-refractivity contribution in [2.24, 2.45) is 0 Å². The molecule has 0 unspecified atom stereocenters. The molecule has 0 aliphatic heterocycles. The summed E-state index contributed by atoms with van der Waals surface area (Å²) in [5, 5.41) is 11.5. The fourth-order valence-corrected chi connectivity index (χ4v) is 1.33. The molecule has 5 heteroatoms. The number of anilines is 1. The number of ether oxygens (including phenoxy) is 1. The lowest BCUT2D eigenvalue weighted by Crippen LogP contribution is -2.11. The van der Waals surface area contributed by atoms with E-state index in [0.717, 1.165) is 0 Å². The van der Waals surface area contributed by atoms with Gasteiger partial charge in [-0.2, -0.15) is 5.26 Å². The second-order valence-corrected chi connectivity index (χ2v) is 3.49. The fourth-order valence-electron chi connectivity index (χ4n) is 1.16. The first-order valence-corrected chi connectivity index (χ1v) is 5.05. The Morgan fingerprint density at radius 1 is 1.62 bits per heavy atom. The highest BCUT2D eigenvalue weighted by Crippen LogP contribution is 2.27. The minimum atomic E-state index is -0.234. The summed E-state index contributed by atoms with van der Waals surface area (Å²) in [5.41, 5.74) is 0.512. The molecule has 0 aliphatic rings. The lowest BCUT2D eigenvalue weighted by Gasteiger charge is -2.09. The Kier molecular flexibility index (Phi) is 4.62. The van der Waals surface area contributed by atoms with Crippen molar-refractivity contribution in [3.05, 3.63) is 23.2 Å². The molecule has 0 bridgehead atoms. The van der Waals surface area contributed by atoms with E-state index in [4.69, 9.17) is 21.6 Å². The van der Waals surface area contributed by atoms with E-state index in [0.29, 0.717) is 16.5 Å². The summed E-state index contributed by atoms with van der Waals surface area (Å²) in [6.45, 7) is 0. The molecule has 4 nitrogen and oxygen atoms in total. The molecule has 1 rings (SSSR count). The van der Waals surface area contributed by atoms with E-state index in [2.05, 4.69) is 5.32 Å². The van der Waals surface area contributed by atoms with Crippen LogP contribution in [0.5, 0.6) is 5.75 Å². The molecule has 0 saturated carbocycles. The van der Waals surface area contributed by atoms with Crippen molar-refractivity contribution in [3.8, 4) is 11.8 Å². The van der Waals surface area contributed by atoms with Gasteiger partial charge < -0.3 is 10.1 Å². The molecular weight excluding hydrogens is 228 g/mol. The monoisotopic (exact) mass is 238 g/mol. The van der Waals surface area contributed by atoms with Crippen molar-refractivity contribution in [3.63, 3.8) is 0 Å². The number of hydrogen-bond acceptors (Lipinski definition) is 3. The zero-order valence-corrected chi connectivity index (χ0v) is 9.54. The number of carbonyl (C=O) groups is 1. The predicted molar refractivity (Wildman–Crippen MR) is 61.5 cm³/mol. The number of nitrogens with zero attached hydrogens (tertiary/aromatic N) is 1. The van der Waals surface area contributed by atoms with Crippen LogP contribution < -0.4 is 10.1 Å². The summed E-state index contributed by atoms with van der Waals surface area (Å²) >= 11 is 5.80. The number of halogens is 1. The molecule has 1 aromatic carbocycles. The number of methoxy groups -OCH3 is 1. The van der Waals surface area contributed by atoms with Crippen LogP contribution in [0.1, 0.15) is 12.8 Å². The molecule has 0 aliphatic carbocycles. The normalized spacial score (nSPS) is 9.31. The number of benzene rings is 1. The summed E-state index contributed by atoms with van der Waals surface area (Å²) < 4.78 is 5.07. The first kappa shape index (κ1) is 12.3. The van der Waals surface area contributed by atoms with Crippen LogP contribution in [-0.4, -0.2) is 13.0 Å². The molecule has 1 amide bonds. The van der Waals surface area contributed by atoms with Gasteiger partial charge in [0.15, 0.2) is 0 Å². The van der Waals surface area contributed by atoms with Gasteiger partial charge in [-0.15, -0.1) is 0 Å². The van der Waals surface area contributed by atoms with E-state index in [1.54, 1.807) is 18.2 Å². The molecule has 0 atom stereocenters. The zero-order chi connectivity index (χ0) is 12.0. The Labute approximate surface area is 98.8 Å². The Hall–Kier alpha value is -1.73. The van der Waals surface area contributed by atoms with Gasteiger partial charge in [0.2, 0.25) is 5.91 Å². The van der Waals surface area contributed by atoms with Crippen LogP contribution in [0.4, 0.5) is 5.69 Å². The quantitative estimate of drug-likeness (QED) is 0.877. The third-order valence-electron chi connectivity index (χ3n) is 1.90. The molecule has 1 N–H and O–H groups in total. The maximum atomic E-state index is 11.4. The molecule has 0 fully saturated rings. The molecule has 0 radical (unpaired) electrons. The van der Waals surface area contributed by atoms with Gasteiger partial charge in [0.1, 0.15) is 5.75 Å². The number of hydrogen-bond donors (Lipinski definition) is 1. The van der Waals surface area contributed by atoms with Crippen LogP contribution in [0.3, 0.4) is 0 Å². The van der Waals surface area contributed by atoms with Crippen LogP contribution in [0.2, 0.25) is 5.02 Å². The number of amides is 1. The van der Waals surface area contributed by atoms with E-state index >= 15 is 0 Å². The summed E-state index contributed by atoms with van der Waals surface area (Å²) in [4.78, 5) is 11.4. The van der Waals surface area contributed by atoms with Gasteiger partial charge >= 0.3 is 0 Å². The van der Waals surface area contributed by atoms with Crippen molar-refractivity contribution >= 4 is 23.2 Å². The van der Waals surface area contributed by atoms with E-state index in [9.17, 15) is 4.79 Å². The Morgan fingerprint density at radius 3 is 3.00 bits per heavy atom. The molecule has 0 spiro atoms. The standard InChI is InChI=1S/C11H11ClN2O2/c1-16-10-5-4-8(12)7-9(10)14-11(15)3-2-6-13/h4-5,7H,2-3H2,1H3,(H,14,15). The minimum Gasteiger partial charge on any atom is -0.495 e. The highest BCUT2D eigenvalue weighted by molar-refractivity contribution is 6.31. The summed E-state index contributed by atoms with van der Waals surface area (Å²) in [7, 11) is 1.51. The van der Waals surface area contributed by atoms with Crippen molar-refractivity contribution in [2.45, 2.75) is 12.8 Å². The minimum absolute atomic E-state index is 0.159. The van der Waals surface area contributed by atoms with E-state index in [1.807, 2.05) is 6.07 Å². The van der Waals surface area contributed by atoms with Crippen LogP contribution in [0.15, 0.2) is 18.2 Å².